The largest absolute Gasteiger partial charge is 0.355 e. The molecule has 0 spiro atoms. The van der Waals surface area contributed by atoms with Crippen molar-refractivity contribution >= 4 is 50.7 Å². The van der Waals surface area contributed by atoms with E-state index in [-0.39, 0.29) is 39.5 Å². The van der Waals surface area contributed by atoms with E-state index in [2.05, 4.69) is 5.32 Å². The van der Waals surface area contributed by atoms with Crippen molar-refractivity contribution < 1.29 is 18.0 Å². The molecule has 1 N–H and O–H groups in total. The maximum Gasteiger partial charge on any atom is 0.264 e. The van der Waals surface area contributed by atoms with Crippen molar-refractivity contribution in [1.29, 1.82) is 0 Å². The van der Waals surface area contributed by atoms with Gasteiger partial charge in [-0.2, -0.15) is 0 Å². The second-order valence-electron chi connectivity index (χ2n) is 10.5. The van der Waals surface area contributed by atoms with E-state index in [1.165, 1.54) is 23.1 Å². The Kier molecular flexibility index (Phi) is 11.1. The molecule has 4 aromatic carbocycles. The van der Waals surface area contributed by atoms with Crippen LogP contribution in [0.15, 0.2) is 102 Å². The summed E-state index contributed by atoms with van der Waals surface area (Å²) in [5.41, 5.74) is 3.62. The van der Waals surface area contributed by atoms with Gasteiger partial charge in [0.15, 0.2) is 0 Å². The molecule has 0 unspecified atom stereocenters. The normalized spacial score (nSPS) is 11.9. The quantitative estimate of drug-likeness (QED) is 0.187. The first kappa shape index (κ1) is 33.1. The van der Waals surface area contributed by atoms with E-state index >= 15 is 0 Å². The van der Waals surface area contributed by atoms with E-state index in [1.807, 2.05) is 68.4 Å². The van der Waals surface area contributed by atoms with Crippen molar-refractivity contribution in [3.63, 3.8) is 0 Å². The molecule has 0 heterocycles. The molecule has 0 saturated carbocycles. The Hall–Kier alpha value is -3.85. The van der Waals surface area contributed by atoms with E-state index in [0.29, 0.717) is 6.54 Å². The zero-order valence-electron chi connectivity index (χ0n) is 24.8. The third-order valence-electron chi connectivity index (χ3n) is 7.18. The lowest BCUT2D eigenvalue weighted by molar-refractivity contribution is -0.140. The highest BCUT2D eigenvalue weighted by atomic mass is 35.5. The topological polar surface area (TPSA) is 86.8 Å². The number of carbonyl (C=O) groups excluding carboxylic acids is 2. The molecule has 0 saturated heterocycles. The Morgan fingerprint density at radius 1 is 0.795 bits per heavy atom. The maximum absolute atomic E-state index is 14.4. The van der Waals surface area contributed by atoms with E-state index in [4.69, 9.17) is 23.2 Å². The first-order valence-electron chi connectivity index (χ1n) is 14.2. The van der Waals surface area contributed by atoms with Crippen molar-refractivity contribution in [2.75, 3.05) is 17.4 Å². The summed E-state index contributed by atoms with van der Waals surface area (Å²) < 4.78 is 29.2. The van der Waals surface area contributed by atoms with Gasteiger partial charge >= 0.3 is 0 Å². The third kappa shape index (κ3) is 8.00. The second-order valence-corrected chi connectivity index (χ2v) is 13.2. The van der Waals surface area contributed by atoms with Crippen molar-refractivity contribution in [1.82, 2.24) is 10.2 Å². The van der Waals surface area contributed by atoms with Gasteiger partial charge in [0.25, 0.3) is 10.0 Å². The van der Waals surface area contributed by atoms with Crippen molar-refractivity contribution in [3.05, 3.63) is 129 Å². The number of halogens is 2. The number of benzene rings is 4. The fourth-order valence-electron chi connectivity index (χ4n) is 4.77. The Morgan fingerprint density at radius 3 is 2.02 bits per heavy atom. The number of likely N-dealkylation sites (N-methyl/N-ethyl adjacent to an activating group) is 1. The number of carbonyl (C=O) groups is 2. The number of nitrogens with zero attached hydrogens (tertiary/aromatic N) is 2. The van der Waals surface area contributed by atoms with Gasteiger partial charge < -0.3 is 10.2 Å². The van der Waals surface area contributed by atoms with Crippen LogP contribution in [0.5, 0.6) is 0 Å². The average Bonchev–Trinajstić information content (AvgIpc) is 3.01. The van der Waals surface area contributed by atoms with Gasteiger partial charge in [0, 0.05) is 19.5 Å². The second kappa shape index (κ2) is 14.8. The van der Waals surface area contributed by atoms with Crippen LogP contribution >= 0.6 is 23.2 Å². The molecule has 0 aliphatic heterocycles. The standard InChI is InChI=1S/C34H35Cl2N3O4S/c1-4-37-34(41)31(21-26-9-6-5-7-10-26)38(22-27-17-13-24(2)14-18-27)32(40)23-39(30-12-8-11-29(35)33(30)36)44(42,43)28-19-15-25(3)16-20-28/h5-20,31H,4,21-23H2,1-3H3,(H,37,41)/t31-/m0/s1. The summed E-state index contributed by atoms with van der Waals surface area (Å²) in [5, 5.41) is 2.99. The van der Waals surface area contributed by atoms with Crippen LogP contribution in [0.25, 0.3) is 0 Å². The number of anilines is 1. The Labute approximate surface area is 269 Å². The molecular formula is C34H35Cl2N3O4S. The Morgan fingerprint density at radius 2 is 1.41 bits per heavy atom. The lowest BCUT2D eigenvalue weighted by Crippen LogP contribution is -2.53. The highest BCUT2D eigenvalue weighted by molar-refractivity contribution is 7.92. The van der Waals surface area contributed by atoms with Crippen LogP contribution in [0.1, 0.15) is 29.2 Å². The van der Waals surface area contributed by atoms with Crippen LogP contribution in [-0.4, -0.2) is 44.3 Å². The predicted molar refractivity (Wildman–Crippen MR) is 177 cm³/mol. The molecule has 0 radical (unpaired) electrons. The Balaban J connectivity index is 1.82. The number of nitrogens with one attached hydrogen (secondary N) is 1. The molecule has 0 bridgehead atoms. The number of rotatable bonds is 12. The van der Waals surface area contributed by atoms with E-state index < -0.39 is 28.5 Å². The van der Waals surface area contributed by atoms with Gasteiger partial charge in [-0.05, 0) is 56.2 Å². The summed E-state index contributed by atoms with van der Waals surface area (Å²) in [6.45, 7) is 5.44. The summed E-state index contributed by atoms with van der Waals surface area (Å²) >= 11 is 12.9. The highest BCUT2D eigenvalue weighted by Gasteiger charge is 2.35. The van der Waals surface area contributed by atoms with Gasteiger partial charge in [0.05, 0.1) is 20.6 Å². The van der Waals surface area contributed by atoms with Crippen LogP contribution < -0.4 is 9.62 Å². The molecule has 0 aliphatic rings. The van der Waals surface area contributed by atoms with Gasteiger partial charge in [-0.3, -0.25) is 13.9 Å². The zero-order chi connectivity index (χ0) is 31.9. The minimum absolute atomic E-state index is 0.00713. The minimum atomic E-state index is -4.29. The molecule has 4 aromatic rings. The van der Waals surface area contributed by atoms with Crippen molar-refractivity contribution in [2.24, 2.45) is 0 Å². The summed E-state index contributed by atoms with van der Waals surface area (Å²) in [6.07, 6.45) is 0.229. The monoisotopic (exact) mass is 651 g/mol. The van der Waals surface area contributed by atoms with Crippen molar-refractivity contribution in [2.45, 2.75) is 44.7 Å². The number of sulfonamides is 1. The number of aryl methyl sites for hydroxylation is 2. The molecule has 2 amide bonds. The SMILES string of the molecule is CCNC(=O)[C@H](Cc1ccccc1)N(Cc1ccc(C)cc1)C(=O)CN(c1cccc(Cl)c1Cl)S(=O)(=O)c1ccc(C)cc1. The van der Waals surface area contributed by atoms with E-state index in [9.17, 15) is 18.0 Å². The number of amides is 2. The van der Waals surface area contributed by atoms with E-state index in [1.54, 1.807) is 31.2 Å². The molecular weight excluding hydrogens is 617 g/mol. The smallest absolute Gasteiger partial charge is 0.264 e. The molecule has 44 heavy (non-hydrogen) atoms. The van der Waals surface area contributed by atoms with Crippen molar-refractivity contribution in [3.8, 4) is 0 Å². The molecule has 1 atom stereocenters. The summed E-state index contributed by atoms with van der Waals surface area (Å²) in [5.74, 6) is -0.921. The number of hydrogen-bond acceptors (Lipinski definition) is 4. The molecule has 0 aliphatic carbocycles. The summed E-state index contributed by atoms with van der Waals surface area (Å²) in [6, 6.07) is 27.0. The Bertz CT molecular complexity index is 1700. The molecule has 10 heteroatoms. The third-order valence-corrected chi connectivity index (χ3v) is 9.77. The van der Waals surface area contributed by atoms with Crippen LogP contribution in [0, 0.1) is 13.8 Å². The average molecular weight is 653 g/mol. The molecule has 0 aromatic heterocycles. The predicted octanol–water partition coefficient (Wildman–Crippen LogP) is 6.58. The van der Waals surface area contributed by atoms with Crippen LogP contribution in [0.4, 0.5) is 5.69 Å². The van der Waals surface area contributed by atoms with Crippen LogP contribution in [-0.2, 0) is 32.6 Å². The number of hydrogen-bond donors (Lipinski definition) is 1. The van der Waals surface area contributed by atoms with E-state index in [0.717, 1.165) is 26.6 Å². The fraction of sp³-hybridized carbons (Fsp3) is 0.235. The minimum Gasteiger partial charge on any atom is -0.355 e. The lowest BCUT2D eigenvalue weighted by Gasteiger charge is -2.34. The molecule has 4 rings (SSSR count). The van der Waals surface area contributed by atoms with Crippen LogP contribution in [0.2, 0.25) is 10.0 Å². The zero-order valence-corrected chi connectivity index (χ0v) is 27.2. The van der Waals surface area contributed by atoms with Gasteiger partial charge in [0.1, 0.15) is 12.6 Å². The molecule has 7 nitrogen and oxygen atoms in total. The van der Waals surface area contributed by atoms with Gasteiger partial charge in [0.2, 0.25) is 11.8 Å². The maximum atomic E-state index is 14.4. The molecule has 0 fully saturated rings. The fourth-order valence-corrected chi connectivity index (χ4v) is 6.65. The van der Waals surface area contributed by atoms with Crippen LogP contribution in [0.3, 0.4) is 0 Å². The molecule has 230 valence electrons. The first-order valence-corrected chi connectivity index (χ1v) is 16.4. The van der Waals surface area contributed by atoms with Gasteiger partial charge in [-0.25, -0.2) is 8.42 Å². The highest BCUT2D eigenvalue weighted by Crippen LogP contribution is 2.35. The summed E-state index contributed by atoms with van der Waals surface area (Å²) in [7, 11) is -4.29. The first-order chi connectivity index (χ1) is 21.0. The van der Waals surface area contributed by atoms with Gasteiger partial charge in [-0.15, -0.1) is 0 Å². The lowest BCUT2D eigenvalue weighted by atomic mass is 10.0. The van der Waals surface area contributed by atoms with Gasteiger partial charge in [-0.1, -0.05) is 107 Å². The summed E-state index contributed by atoms with van der Waals surface area (Å²) in [4.78, 5) is 29.4.